The zero-order valence-electron chi connectivity index (χ0n) is 8.82. The van der Waals surface area contributed by atoms with Gasteiger partial charge < -0.3 is 14.8 Å². The third-order valence-electron chi connectivity index (χ3n) is 2.97. The predicted octanol–water partition coefficient (Wildman–Crippen LogP) is 1.26. The Hall–Kier alpha value is -2.14. The molecule has 86 valence electrons. The minimum Gasteiger partial charge on any atom is -0.478 e. The minimum absolute atomic E-state index is 0.159. The number of fused-ring (bicyclic) bond motifs is 3. The van der Waals surface area contributed by atoms with E-state index in [1.54, 1.807) is 6.07 Å². The molecule has 0 fully saturated rings. The van der Waals surface area contributed by atoms with Crippen molar-refractivity contribution in [3.63, 3.8) is 0 Å². The molecule has 0 aliphatic carbocycles. The van der Waals surface area contributed by atoms with E-state index >= 15 is 0 Å². The highest BCUT2D eigenvalue weighted by Crippen LogP contribution is 2.25. The molecule has 0 radical (unpaired) electrons. The number of ether oxygens (including phenoxy) is 1. The molecule has 0 atom stereocenters. The average Bonchev–Trinajstić information content (AvgIpc) is 2.78. The number of nitrogens with one attached hydrogen (secondary N) is 1. The molecule has 1 aromatic carbocycles. The van der Waals surface area contributed by atoms with E-state index in [0.29, 0.717) is 24.3 Å². The van der Waals surface area contributed by atoms with Gasteiger partial charge in [0.1, 0.15) is 0 Å². The molecule has 0 saturated heterocycles. The quantitative estimate of drug-likeness (QED) is 0.774. The van der Waals surface area contributed by atoms with E-state index in [4.69, 9.17) is 9.84 Å². The van der Waals surface area contributed by atoms with Crippen LogP contribution in [-0.4, -0.2) is 16.1 Å². The van der Waals surface area contributed by atoms with Crippen LogP contribution >= 0.6 is 0 Å². The third kappa shape index (κ3) is 1.43. The highest BCUT2D eigenvalue weighted by molar-refractivity contribution is 5.94. The van der Waals surface area contributed by atoms with E-state index in [1.165, 1.54) is 12.1 Å². The molecule has 0 saturated carbocycles. The lowest BCUT2D eigenvalue weighted by Crippen LogP contribution is -2.12. The molecule has 0 amide bonds. The number of carboxylic acid groups (broad SMARTS) is 1. The van der Waals surface area contributed by atoms with Crippen LogP contribution in [0.4, 0.5) is 0 Å². The van der Waals surface area contributed by atoms with Crippen LogP contribution in [0.25, 0.3) is 10.9 Å². The molecule has 0 spiro atoms. The van der Waals surface area contributed by atoms with Gasteiger partial charge in [-0.25, -0.2) is 4.79 Å². The first-order valence-corrected chi connectivity index (χ1v) is 5.15. The molecule has 2 N–H and O–H groups in total. The second-order valence-corrected chi connectivity index (χ2v) is 3.97. The zero-order valence-corrected chi connectivity index (χ0v) is 8.82. The Kier molecular flexibility index (Phi) is 2.02. The minimum atomic E-state index is -1.01. The summed E-state index contributed by atoms with van der Waals surface area (Å²) in [4.78, 5) is 25.3. The van der Waals surface area contributed by atoms with Crippen molar-refractivity contribution in [3.8, 4) is 0 Å². The standard InChI is InChI=1S/C12H9NO4/c14-11-9-5-17-4-8(9)7-2-1-6(12(15)16)3-10(7)13-11/h1-3H,4-5H2,(H,13,14)(H,15,16). The van der Waals surface area contributed by atoms with Crippen molar-refractivity contribution in [1.82, 2.24) is 4.98 Å². The number of rotatable bonds is 1. The van der Waals surface area contributed by atoms with Crippen LogP contribution in [-0.2, 0) is 18.0 Å². The largest absolute Gasteiger partial charge is 0.478 e. The number of pyridine rings is 1. The van der Waals surface area contributed by atoms with Gasteiger partial charge in [0.05, 0.1) is 18.8 Å². The van der Waals surface area contributed by atoms with Gasteiger partial charge in [-0.3, -0.25) is 4.79 Å². The van der Waals surface area contributed by atoms with Gasteiger partial charge in [0.2, 0.25) is 0 Å². The molecule has 5 heteroatoms. The van der Waals surface area contributed by atoms with Crippen molar-refractivity contribution < 1.29 is 14.6 Å². The van der Waals surface area contributed by atoms with Gasteiger partial charge in [0.25, 0.3) is 5.56 Å². The van der Waals surface area contributed by atoms with Crippen molar-refractivity contribution in [2.75, 3.05) is 0 Å². The maximum Gasteiger partial charge on any atom is 0.335 e. The molecular formula is C12H9NO4. The number of hydrogen-bond acceptors (Lipinski definition) is 3. The van der Waals surface area contributed by atoms with E-state index in [2.05, 4.69) is 4.98 Å². The molecule has 3 rings (SSSR count). The molecule has 1 aliphatic heterocycles. The molecule has 1 aliphatic rings. The third-order valence-corrected chi connectivity index (χ3v) is 2.97. The maximum atomic E-state index is 11.7. The van der Waals surface area contributed by atoms with E-state index in [9.17, 15) is 9.59 Å². The van der Waals surface area contributed by atoms with Gasteiger partial charge in [-0.1, -0.05) is 6.07 Å². The fraction of sp³-hybridized carbons (Fsp3) is 0.167. The summed E-state index contributed by atoms with van der Waals surface area (Å²) in [6.07, 6.45) is 0. The first kappa shape index (κ1) is 10.0. The zero-order chi connectivity index (χ0) is 12.0. The fourth-order valence-electron chi connectivity index (χ4n) is 2.11. The fourth-order valence-corrected chi connectivity index (χ4v) is 2.11. The lowest BCUT2D eigenvalue weighted by atomic mass is 10.0. The van der Waals surface area contributed by atoms with Crippen LogP contribution in [0.15, 0.2) is 23.0 Å². The lowest BCUT2D eigenvalue weighted by Gasteiger charge is -2.04. The lowest BCUT2D eigenvalue weighted by molar-refractivity contribution is 0.0697. The Morgan fingerprint density at radius 2 is 2.06 bits per heavy atom. The van der Waals surface area contributed by atoms with Crippen molar-refractivity contribution in [2.24, 2.45) is 0 Å². The maximum absolute atomic E-state index is 11.7. The van der Waals surface area contributed by atoms with Crippen molar-refractivity contribution in [1.29, 1.82) is 0 Å². The summed E-state index contributed by atoms with van der Waals surface area (Å²) in [6, 6.07) is 4.71. The Morgan fingerprint density at radius 3 is 2.82 bits per heavy atom. The summed E-state index contributed by atoms with van der Waals surface area (Å²) in [5.74, 6) is -1.01. The normalized spacial score (nSPS) is 13.9. The molecule has 2 heterocycles. The Labute approximate surface area is 95.7 Å². The summed E-state index contributed by atoms with van der Waals surface area (Å²) in [7, 11) is 0. The molecular weight excluding hydrogens is 222 g/mol. The van der Waals surface area contributed by atoms with Crippen molar-refractivity contribution in [3.05, 3.63) is 45.2 Å². The van der Waals surface area contributed by atoms with Crippen molar-refractivity contribution in [2.45, 2.75) is 13.2 Å². The Bertz CT molecular complexity index is 687. The van der Waals surface area contributed by atoms with Crippen LogP contribution in [0, 0.1) is 0 Å². The molecule has 5 nitrogen and oxygen atoms in total. The summed E-state index contributed by atoms with van der Waals surface area (Å²) in [6.45, 7) is 0.726. The van der Waals surface area contributed by atoms with E-state index in [-0.39, 0.29) is 11.1 Å². The monoisotopic (exact) mass is 231 g/mol. The second-order valence-electron chi connectivity index (χ2n) is 3.97. The Morgan fingerprint density at radius 1 is 1.29 bits per heavy atom. The molecule has 0 bridgehead atoms. The van der Waals surface area contributed by atoms with Crippen LogP contribution in [0.5, 0.6) is 0 Å². The number of carbonyl (C=O) groups is 1. The summed E-state index contributed by atoms with van der Waals surface area (Å²) in [5.41, 5.74) is 2.00. The van der Waals surface area contributed by atoms with Gasteiger partial charge in [-0.05, 0) is 17.7 Å². The Balaban J connectivity index is 2.37. The van der Waals surface area contributed by atoms with Gasteiger partial charge in [0.15, 0.2) is 0 Å². The van der Waals surface area contributed by atoms with E-state index < -0.39 is 5.97 Å². The molecule has 1 aromatic heterocycles. The number of benzene rings is 1. The highest BCUT2D eigenvalue weighted by Gasteiger charge is 2.18. The van der Waals surface area contributed by atoms with Crippen LogP contribution in [0.3, 0.4) is 0 Å². The molecule has 17 heavy (non-hydrogen) atoms. The SMILES string of the molecule is O=C(O)c1ccc2c3c(c(=O)[nH]c2c1)COC3. The average molecular weight is 231 g/mol. The van der Waals surface area contributed by atoms with Gasteiger partial charge in [-0.2, -0.15) is 0 Å². The molecule has 2 aromatic rings. The number of H-pyrrole nitrogens is 1. The second kappa shape index (κ2) is 3.43. The van der Waals surface area contributed by atoms with Gasteiger partial charge in [0, 0.05) is 16.5 Å². The predicted molar refractivity (Wildman–Crippen MR) is 60.0 cm³/mol. The van der Waals surface area contributed by atoms with Crippen LogP contribution < -0.4 is 5.56 Å². The number of aromatic carboxylic acids is 1. The molecule has 0 unspecified atom stereocenters. The summed E-state index contributed by atoms with van der Waals surface area (Å²) in [5, 5.41) is 9.74. The first-order valence-electron chi connectivity index (χ1n) is 5.15. The number of carboxylic acids is 1. The topological polar surface area (TPSA) is 79.4 Å². The number of aromatic nitrogens is 1. The summed E-state index contributed by atoms with van der Waals surface area (Å²) >= 11 is 0. The van der Waals surface area contributed by atoms with Gasteiger partial charge >= 0.3 is 5.97 Å². The number of aromatic amines is 1. The van der Waals surface area contributed by atoms with E-state index in [0.717, 1.165) is 10.9 Å². The van der Waals surface area contributed by atoms with Crippen LogP contribution in [0.2, 0.25) is 0 Å². The van der Waals surface area contributed by atoms with Gasteiger partial charge in [-0.15, -0.1) is 0 Å². The number of hydrogen-bond donors (Lipinski definition) is 2. The highest BCUT2D eigenvalue weighted by atomic mass is 16.5. The van der Waals surface area contributed by atoms with E-state index in [1.807, 2.05) is 0 Å². The van der Waals surface area contributed by atoms with Crippen molar-refractivity contribution >= 4 is 16.9 Å². The summed E-state index contributed by atoms with van der Waals surface area (Å²) < 4.78 is 5.25. The smallest absolute Gasteiger partial charge is 0.335 e. The van der Waals surface area contributed by atoms with Crippen LogP contribution in [0.1, 0.15) is 21.5 Å². The first-order chi connectivity index (χ1) is 8.16.